The fourth-order valence-electron chi connectivity index (χ4n) is 2.68. The number of benzene rings is 2. The molecular weight excluding hydrogens is 404 g/mol. The van der Waals surface area contributed by atoms with Crippen molar-refractivity contribution in [2.45, 2.75) is 18.2 Å². The number of fused-ring (bicyclic) bond motifs is 1. The first-order valence-corrected chi connectivity index (χ1v) is 10.5. The molecule has 0 unspecified atom stereocenters. The van der Waals surface area contributed by atoms with E-state index >= 15 is 0 Å². The predicted molar refractivity (Wildman–Crippen MR) is 107 cm³/mol. The van der Waals surface area contributed by atoms with Gasteiger partial charge < -0.3 is 14.8 Å². The average molecular weight is 425 g/mol. The molecule has 28 heavy (non-hydrogen) atoms. The maximum absolute atomic E-state index is 12.8. The highest BCUT2D eigenvalue weighted by molar-refractivity contribution is 7.89. The van der Waals surface area contributed by atoms with Crippen molar-refractivity contribution in [1.82, 2.24) is 4.31 Å². The zero-order valence-electron chi connectivity index (χ0n) is 15.6. The lowest BCUT2D eigenvalue weighted by Gasteiger charge is -2.18. The monoisotopic (exact) mass is 424 g/mol. The third-order valence-corrected chi connectivity index (χ3v) is 6.30. The molecule has 1 aliphatic rings. The van der Waals surface area contributed by atoms with Crippen molar-refractivity contribution in [3.63, 3.8) is 0 Å². The highest BCUT2D eigenvalue weighted by Gasteiger charge is 2.25. The van der Waals surface area contributed by atoms with Crippen LogP contribution < -0.4 is 14.8 Å². The molecule has 1 amide bonds. The number of nitrogens with one attached hydrogen (secondary N) is 1. The second-order valence-electron chi connectivity index (χ2n) is 6.45. The fraction of sp³-hybridized carbons (Fsp3) is 0.316. The molecule has 0 fully saturated rings. The molecular formula is C19H21ClN2O5S. The summed E-state index contributed by atoms with van der Waals surface area (Å²) in [6.07, 6.45) is 0.721. The summed E-state index contributed by atoms with van der Waals surface area (Å²) in [6.45, 7) is 2.49. The van der Waals surface area contributed by atoms with Crippen LogP contribution in [-0.4, -0.2) is 45.4 Å². The van der Waals surface area contributed by atoms with E-state index in [0.717, 1.165) is 16.3 Å². The predicted octanol–water partition coefficient (Wildman–Crippen LogP) is 3.07. The fourth-order valence-corrected chi connectivity index (χ4v) is 4.11. The molecule has 9 heteroatoms. The van der Waals surface area contributed by atoms with E-state index in [-0.39, 0.29) is 11.4 Å². The molecule has 1 aliphatic heterocycles. The van der Waals surface area contributed by atoms with E-state index in [1.54, 1.807) is 24.3 Å². The molecule has 0 aliphatic carbocycles. The number of likely N-dealkylation sites (N-methyl/N-ethyl adjacent to an activating group) is 1. The topological polar surface area (TPSA) is 84.9 Å². The summed E-state index contributed by atoms with van der Waals surface area (Å²) >= 11 is 6.10. The molecule has 2 aromatic rings. The third-order valence-electron chi connectivity index (χ3n) is 4.19. The molecule has 0 aromatic heterocycles. The summed E-state index contributed by atoms with van der Waals surface area (Å²) < 4.78 is 37.7. The largest absolute Gasteiger partial charge is 0.490 e. The summed E-state index contributed by atoms with van der Waals surface area (Å²) in [5, 5.41) is 3.02. The number of hydrogen-bond acceptors (Lipinski definition) is 5. The molecule has 0 bridgehead atoms. The Hall–Kier alpha value is -2.29. The molecule has 7 nitrogen and oxygen atoms in total. The Balaban J connectivity index is 1.73. The number of hydrogen-bond donors (Lipinski definition) is 1. The molecule has 0 saturated carbocycles. The SMILES string of the molecule is Cc1ccc(NC(=O)CN(C)S(=O)(=O)c2ccc3c(c2)OCCCO3)c(Cl)c1. The van der Waals surface area contributed by atoms with E-state index in [9.17, 15) is 13.2 Å². The van der Waals surface area contributed by atoms with Gasteiger partial charge in [0.15, 0.2) is 11.5 Å². The van der Waals surface area contributed by atoms with Crippen molar-refractivity contribution in [3.05, 3.63) is 47.0 Å². The van der Waals surface area contributed by atoms with Crippen LogP contribution in [-0.2, 0) is 14.8 Å². The number of sulfonamides is 1. The maximum atomic E-state index is 12.8. The summed E-state index contributed by atoms with van der Waals surface area (Å²) in [7, 11) is -2.54. The smallest absolute Gasteiger partial charge is 0.243 e. The number of ether oxygens (including phenoxy) is 2. The minimum Gasteiger partial charge on any atom is -0.490 e. The molecule has 0 spiro atoms. The maximum Gasteiger partial charge on any atom is 0.243 e. The van der Waals surface area contributed by atoms with Crippen LogP contribution in [0.5, 0.6) is 11.5 Å². The first-order chi connectivity index (χ1) is 13.3. The Bertz CT molecular complexity index is 994. The number of amides is 1. The number of carbonyl (C=O) groups excluding carboxylic acids is 1. The Labute approximate surface area is 169 Å². The van der Waals surface area contributed by atoms with Gasteiger partial charge in [0.05, 0.1) is 35.4 Å². The Morgan fingerprint density at radius 3 is 2.57 bits per heavy atom. The number of nitrogens with zero attached hydrogens (tertiary/aromatic N) is 1. The summed E-state index contributed by atoms with van der Waals surface area (Å²) in [4.78, 5) is 12.3. The first-order valence-electron chi connectivity index (χ1n) is 8.69. The van der Waals surface area contributed by atoms with E-state index in [1.807, 2.05) is 6.92 Å². The van der Waals surface area contributed by atoms with Gasteiger partial charge in [-0.3, -0.25) is 4.79 Å². The lowest BCUT2D eigenvalue weighted by molar-refractivity contribution is -0.116. The Morgan fingerprint density at radius 2 is 1.86 bits per heavy atom. The normalized spacial score (nSPS) is 13.9. The Morgan fingerprint density at radius 1 is 1.14 bits per heavy atom. The van der Waals surface area contributed by atoms with Crippen molar-refractivity contribution >= 4 is 33.2 Å². The van der Waals surface area contributed by atoms with E-state index in [1.165, 1.54) is 19.2 Å². The van der Waals surface area contributed by atoms with Crippen LogP contribution in [0.25, 0.3) is 0 Å². The van der Waals surface area contributed by atoms with Crippen LogP contribution in [0.3, 0.4) is 0 Å². The number of anilines is 1. The van der Waals surface area contributed by atoms with Crippen LogP contribution in [0.1, 0.15) is 12.0 Å². The van der Waals surface area contributed by atoms with Crippen molar-refractivity contribution in [2.24, 2.45) is 0 Å². The molecule has 2 aromatic carbocycles. The van der Waals surface area contributed by atoms with Gasteiger partial charge in [-0.15, -0.1) is 0 Å². The highest BCUT2D eigenvalue weighted by Crippen LogP contribution is 2.32. The van der Waals surface area contributed by atoms with Crippen LogP contribution in [0.15, 0.2) is 41.3 Å². The lowest BCUT2D eigenvalue weighted by atomic mass is 10.2. The van der Waals surface area contributed by atoms with Crippen LogP contribution in [0.2, 0.25) is 5.02 Å². The zero-order chi connectivity index (χ0) is 20.3. The standard InChI is InChI=1S/C19H21ClN2O5S/c1-13-4-6-16(15(20)10-13)21-19(23)12-22(2)28(24,25)14-5-7-17-18(11-14)27-9-3-8-26-17/h4-7,10-11H,3,8-9,12H2,1-2H3,(H,21,23). The average Bonchev–Trinajstić information content (AvgIpc) is 2.88. The van der Waals surface area contributed by atoms with Gasteiger partial charge in [-0.1, -0.05) is 17.7 Å². The van der Waals surface area contributed by atoms with E-state index < -0.39 is 15.9 Å². The number of carbonyl (C=O) groups is 1. The van der Waals surface area contributed by atoms with Gasteiger partial charge in [-0.05, 0) is 36.8 Å². The summed E-state index contributed by atoms with van der Waals surface area (Å²) in [5.74, 6) is 0.389. The highest BCUT2D eigenvalue weighted by atomic mass is 35.5. The number of aryl methyl sites for hydroxylation is 1. The Kier molecular flexibility index (Phi) is 6.12. The second kappa shape index (κ2) is 8.38. The molecule has 1 N–H and O–H groups in total. The lowest BCUT2D eigenvalue weighted by Crippen LogP contribution is -2.35. The molecule has 0 radical (unpaired) electrons. The number of halogens is 1. The van der Waals surface area contributed by atoms with Crippen molar-refractivity contribution < 1.29 is 22.7 Å². The minimum atomic E-state index is -3.88. The van der Waals surface area contributed by atoms with Crippen molar-refractivity contribution in [3.8, 4) is 11.5 Å². The number of rotatable bonds is 5. The van der Waals surface area contributed by atoms with Gasteiger partial charge in [-0.25, -0.2) is 8.42 Å². The van der Waals surface area contributed by atoms with Gasteiger partial charge in [0.1, 0.15) is 0 Å². The molecule has 3 rings (SSSR count). The quantitative estimate of drug-likeness (QED) is 0.797. The van der Waals surface area contributed by atoms with Crippen molar-refractivity contribution in [2.75, 3.05) is 32.1 Å². The summed E-state index contributed by atoms with van der Waals surface area (Å²) in [5.41, 5.74) is 1.38. The van der Waals surface area contributed by atoms with Gasteiger partial charge in [0.2, 0.25) is 15.9 Å². The zero-order valence-corrected chi connectivity index (χ0v) is 17.1. The van der Waals surface area contributed by atoms with E-state index in [4.69, 9.17) is 21.1 Å². The van der Waals surface area contributed by atoms with Gasteiger partial charge in [0.25, 0.3) is 0 Å². The van der Waals surface area contributed by atoms with Crippen LogP contribution in [0.4, 0.5) is 5.69 Å². The molecule has 0 saturated heterocycles. The van der Waals surface area contributed by atoms with E-state index in [2.05, 4.69) is 5.32 Å². The van der Waals surface area contributed by atoms with Crippen LogP contribution in [0, 0.1) is 6.92 Å². The van der Waals surface area contributed by atoms with Crippen molar-refractivity contribution in [1.29, 1.82) is 0 Å². The third kappa shape index (κ3) is 4.57. The van der Waals surface area contributed by atoms with Gasteiger partial charge >= 0.3 is 0 Å². The molecule has 0 atom stereocenters. The van der Waals surface area contributed by atoms with Gasteiger partial charge in [-0.2, -0.15) is 4.31 Å². The van der Waals surface area contributed by atoms with Crippen LogP contribution >= 0.6 is 11.6 Å². The first kappa shape index (κ1) is 20.4. The second-order valence-corrected chi connectivity index (χ2v) is 8.90. The van der Waals surface area contributed by atoms with Gasteiger partial charge in [0, 0.05) is 19.5 Å². The minimum absolute atomic E-state index is 0.0282. The summed E-state index contributed by atoms with van der Waals surface area (Å²) in [6, 6.07) is 9.62. The van der Waals surface area contributed by atoms with E-state index in [0.29, 0.717) is 35.4 Å². The molecule has 1 heterocycles. The molecule has 150 valence electrons.